The molecular weight excluding hydrogens is 682 g/mol. The van der Waals surface area contributed by atoms with Crippen LogP contribution >= 0.6 is 0 Å². The van der Waals surface area contributed by atoms with Gasteiger partial charge in [-0.2, -0.15) is 0 Å². The van der Waals surface area contributed by atoms with Crippen LogP contribution in [0.15, 0.2) is 109 Å². The number of benzene rings is 5. The van der Waals surface area contributed by atoms with Crippen LogP contribution in [0, 0.1) is 5.92 Å². The molecule has 0 amide bonds. The van der Waals surface area contributed by atoms with Gasteiger partial charge in [-0.15, -0.1) is 0 Å². The third-order valence-electron chi connectivity index (χ3n) is 10.3. The molecule has 0 saturated heterocycles. The normalized spacial score (nSPS) is 13.0. The van der Waals surface area contributed by atoms with Gasteiger partial charge in [-0.25, -0.2) is 0 Å². The number of Topliss-reactive ketones (excluding diaryl/α,β-unsaturated/α-hetero) is 1. The number of aliphatic hydroxyl groups excluding tert-OH is 2. The van der Waals surface area contributed by atoms with E-state index in [9.17, 15) is 30.3 Å². The number of nitrogens with one attached hydrogen (secondary N) is 1. The molecule has 0 bridgehead atoms. The molecule has 6 rings (SSSR count). The number of methoxy groups -OCH3 is 2. The Kier molecular flexibility index (Phi) is 12.2. The van der Waals surface area contributed by atoms with Gasteiger partial charge in [-0.05, 0) is 112 Å². The van der Waals surface area contributed by atoms with E-state index in [0.717, 1.165) is 44.2 Å². The number of aromatic amines is 1. The molecule has 0 radical (unpaired) electrons. The minimum atomic E-state index is -1.05. The van der Waals surface area contributed by atoms with E-state index in [1.165, 1.54) is 20.3 Å². The van der Waals surface area contributed by atoms with Crippen molar-refractivity contribution in [1.82, 2.24) is 4.98 Å². The first-order chi connectivity index (χ1) is 26.2. The van der Waals surface area contributed by atoms with Gasteiger partial charge >= 0.3 is 0 Å². The highest BCUT2D eigenvalue weighted by molar-refractivity contribution is 5.89. The van der Waals surface area contributed by atoms with Gasteiger partial charge in [0.2, 0.25) is 0 Å². The van der Waals surface area contributed by atoms with Gasteiger partial charge in [0.1, 0.15) is 11.5 Å². The molecule has 6 aromatic rings. The maximum Gasteiger partial charge on any atom is 0.164 e. The SMILES string of the molecule is COc1cc(C[C@H](C(=O)C[C@@H](O)[C@H](Cc2cc[nH]c2)Cc2ccc(O)c(OC)c2Cc2cccc3cccc(CCO)c23)c2cccc(O)c2)ccc1O. The van der Waals surface area contributed by atoms with E-state index in [1.54, 1.807) is 42.5 Å². The molecule has 0 aliphatic heterocycles. The highest BCUT2D eigenvalue weighted by Gasteiger charge is 2.30. The fourth-order valence-corrected chi connectivity index (χ4v) is 7.61. The number of rotatable bonds is 17. The van der Waals surface area contributed by atoms with Crippen molar-refractivity contribution in [2.75, 3.05) is 20.8 Å². The van der Waals surface area contributed by atoms with Crippen LogP contribution in [0.2, 0.25) is 0 Å². The quantitative estimate of drug-likeness (QED) is 0.0578. The van der Waals surface area contributed by atoms with Gasteiger partial charge in [-0.1, -0.05) is 60.7 Å². The van der Waals surface area contributed by atoms with Crippen molar-refractivity contribution >= 4 is 16.6 Å². The topological polar surface area (TPSA) is 152 Å². The molecule has 54 heavy (non-hydrogen) atoms. The van der Waals surface area contributed by atoms with Crippen molar-refractivity contribution < 1.29 is 39.8 Å². The molecule has 0 aliphatic carbocycles. The maximum atomic E-state index is 14.3. The number of hydrogen-bond acceptors (Lipinski definition) is 8. The number of carbonyl (C=O) groups excluding carboxylic acids is 1. The van der Waals surface area contributed by atoms with Crippen LogP contribution in [0.1, 0.15) is 51.3 Å². The standard InChI is InChI=1S/C45H47NO8/c1-53-43-22-28(12-14-39(43)49)21-37(32-9-5-11-36(48)24-32)42(52)26-41(51)35(20-29-16-18-46-27-29)23-33-13-15-40(50)45(54-2)38(33)25-34-10-4-7-30-6-3-8-31(17-19-47)44(30)34/h3-16,18,22,24,27,35,37,41,46-51H,17,19-21,23,25-26H2,1-2H3/t35-,37+,41-/m1/s1. The molecule has 9 nitrogen and oxygen atoms in total. The number of carbonyl (C=O) groups is 1. The van der Waals surface area contributed by atoms with E-state index in [4.69, 9.17) is 9.47 Å². The highest BCUT2D eigenvalue weighted by Crippen LogP contribution is 2.38. The second kappa shape index (κ2) is 17.4. The summed E-state index contributed by atoms with van der Waals surface area (Å²) in [6, 6.07) is 29.1. The Labute approximate surface area is 315 Å². The van der Waals surface area contributed by atoms with Crippen LogP contribution in [0.3, 0.4) is 0 Å². The molecule has 0 spiro atoms. The summed E-state index contributed by atoms with van der Waals surface area (Å²) < 4.78 is 11.1. The second-order valence-electron chi connectivity index (χ2n) is 13.8. The molecule has 3 atom stereocenters. The minimum Gasteiger partial charge on any atom is -0.508 e. The number of aromatic hydroxyl groups is 3. The van der Waals surface area contributed by atoms with Crippen LogP contribution < -0.4 is 9.47 Å². The van der Waals surface area contributed by atoms with Gasteiger partial charge in [-0.3, -0.25) is 4.79 Å². The number of phenolic OH excluding ortho intramolecular Hbond substituents is 3. The Bertz CT molecular complexity index is 2190. The monoisotopic (exact) mass is 729 g/mol. The Morgan fingerprint density at radius 2 is 1.52 bits per heavy atom. The van der Waals surface area contributed by atoms with Gasteiger partial charge in [0, 0.05) is 43.3 Å². The Morgan fingerprint density at radius 3 is 2.22 bits per heavy atom. The molecule has 5 aromatic carbocycles. The predicted octanol–water partition coefficient (Wildman–Crippen LogP) is 7.18. The number of hydrogen-bond donors (Lipinski definition) is 6. The lowest BCUT2D eigenvalue weighted by atomic mass is 9.80. The molecule has 0 aliphatic rings. The zero-order valence-corrected chi connectivity index (χ0v) is 30.5. The predicted molar refractivity (Wildman–Crippen MR) is 209 cm³/mol. The fourth-order valence-electron chi connectivity index (χ4n) is 7.61. The van der Waals surface area contributed by atoms with Gasteiger partial charge < -0.3 is 40.0 Å². The first-order valence-electron chi connectivity index (χ1n) is 18.1. The number of ether oxygens (including phenoxy) is 2. The number of fused-ring (bicyclic) bond motifs is 1. The Hall–Kier alpha value is -5.77. The van der Waals surface area contributed by atoms with Crippen LogP contribution in [0.5, 0.6) is 28.7 Å². The largest absolute Gasteiger partial charge is 0.508 e. The van der Waals surface area contributed by atoms with Gasteiger partial charge in [0.15, 0.2) is 23.0 Å². The molecule has 0 unspecified atom stereocenters. The first kappa shape index (κ1) is 38.0. The van der Waals surface area contributed by atoms with Crippen molar-refractivity contribution in [3.05, 3.63) is 148 Å². The summed E-state index contributed by atoms with van der Waals surface area (Å²) in [6.45, 7) is 0.0149. The van der Waals surface area contributed by atoms with Crippen molar-refractivity contribution in [1.29, 1.82) is 0 Å². The average molecular weight is 730 g/mol. The summed E-state index contributed by atoms with van der Waals surface area (Å²) in [6.07, 6.45) is 4.55. The van der Waals surface area contributed by atoms with Crippen LogP contribution in [0.4, 0.5) is 0 Å². The smallest absolute Gasteiger partial charge is 0.164 e. The van der Waals surface area contributed by atoms with E-state index in [2.05, 4.69) is 4.98 Å². The number of aliphatic hydroxyl groups is 2. The first-order valence-corrected chi connectivity index (χ1v) is 18.1. The van der Waals surface area contributed by atoms with Crippen molar-refractivity contribution in [2.45, 2.75) is 50.5 Å². The molecule has 9 heteroatoms. The van der Waals surface area contributed by atoms with Gasteiger partial charge in [0.25, 0.3) is 0 Å². The van der Waals surface area contributed by atoms with Crippen molar-refractivity contribution in [3.8, 4) is 28.7 Å². The number of H-pyrrole nitrogens is 1. The van der Waals surface area contributed by atoms with E-state index in [1.807, 2.05) is 60.9 Å². The summed E-state index contributed by atoms with van der Waals surface area (Å²) in [5.74, 6) is -0.646. The molecule has 1 heterocycles. The van der Waals surface area contributed by atoms with Crippen LogP contribution in [-0.2, 0) is 36.9 Å². The van der Waals surface area contributed by atoms with Crippen LogP contribution in [-0.4, -0.2) is 63.2 Å². The lowest BCUT2D eigenvalue weighted by Gasteiger charge is -2.26. The molecule has 0 fully saturated rings. The van der Waals surface area contributed by atoms with Crippen LogP contribution in [0.25, 0.3) is 10.8 Å². The van der Waals surface area contributed by atoms with Crippen molar-refractivity contribution in [2.24, 2.45) is 5.92 Å². The van der Waals surface area contributed by atoms with Crippen molar-refractivity contribution in [3.63, 3.8) is 0 Å². The number of phenols is 3. The Morgan fingerprint density at radius 1 is 0.759 bits per heavy atom. The summed E-state index contributed by atoms with van der Waals surface area (Å²) in [5.41, 5.74) is 6.03. The minimum absolute atomic E-state index is 0.00444. The summed E-state index contributed by atoms with van der Waals surface area (Å²) in [5, 5.41) is 55.5. The van der Waals surface area contributed by atoms with E-state index >= 15 is 0 Å². The highest BCUT2D eigenvalue weighted by atomic mass is 16.5. The average Bonchev–Trinajstić information content (AvgIpc) is 3.68. The molecular formula is C45H47NO8. The van der Waals surface area contributed by atoms with Gasteiger partial charge in [0.05, 0.1) is 20.3 Å². The summed E-state index contributed by atoms with van der Waals surface area (Å²) in [7, 11) is 2.99. The second-order valence-corrected chi connectivity index (χ2v) is 13.8. The molecule has 280 valence electrons. The fraction of sp³-hybridized carbons (Fsp3) is 0.267. The number of ketones is 1. The van der Waals surface area contributed by atoms with E-state index in [0.29, 0.717) is 37.0 Å². The summed E-state index contributed by atoms with van der Waals surface area (Å²) in [4.78, 5) is 17.4. The third-order valence-corrected chi connectivity index (χ3v) is 10.3. The molecule has 6 N–H and O–H groups in total. The number of aromatic nitrogens is 1. The zero-order valence-electron chi connectivity index (χ0n) is 30.5. The lowest BCUT2D eigenvalue weighted by Crippen LogP contribution is -2.30. The maximum absolute atomic E-state index is 14.3. The Balaban J connectivity index is 1.34. The van der Waals surface area contributed by atoms with E-state index in [-0.39, 0.29) is 48.2 Å². The van der Waals surface area contributed by atoms with E-state index < -0.39 is 17.9 Å². The molecule has 0 saturated carbocycles. The lowest BCUT2D eigenvalue weighted by molar-refractivity contribution is -0.123. The third kappa shape index (κ3) is 8.71. The molecule has 1 aromatic heterocycles. The summed E-state index contributed by atoms with van der Waals surface area (Å²) >= 11 is 0. The zero-order chi connectivity index (χ0) is 38.2.